The van der Waals surface area contributed by atoms with Gasteiger partial charge in [-0.3, -0.25) is 4.79 Å². The van der Waals surface area contributed by atoms with Crippen LogP contribution >= 0.6 is 12.2 Å². The van der Waals surface area contributed by atoms with Crippen molar-refractivity contribution in [3.63, 3.8) is 0 Å². The van der Waals surface area contributed by atoms with Crippen LogP contribution in [0.15, 0.2) is 18.2 Å². The molecular formula is C15H19FN2OS. The van der Waals surface area contributed by atoms with Crippen molar-refractivity contribution in [2.75, 3.05) is 6.54 Å². The van der Waals surface area contributed by atoms with E-state index in [4.69, 9.17) is 18.0 Å². The smallest absolute Gasteiger partial charge is 0.254 e. The molecule has 0 spiro atoms. The summed E-state index contributed by atoms with van der Waals surface area (Å²) in [5.74, 6) is -0.581. The van der Waals surface area contributed by atoms with Crippen molar-refractivity contribution < 1.29 is 9.18 Å². The topological polar surface area (TPSA) is 46.3 Å². The number of aryl methyl sites for hydroxylation is 1. The van der Waals surface area contributed by atoms with Crippen molar-refractivity contribution >= 4 is 23.1 Å². The van der Waals surface area contributed by atoms with Gasteiger partial charge in [-0.1, -0.05) is 31.1 Å². The van der Waals surface area contributed by atoms with Crippen LogP contribution in [0.25, 0.3) is 0 Å². The highest BCUT2D eigenvalue weighted by Crippen LogP contribution is 2.25. The Morgan fingerprint density at radius 2 is 2.10 bits per heavy atom. The Balaban J connectivity index is 2.29. The van der Waals surface area contributed by atoms with E-state index in [1.165, 1.54) is 12.1 Å². The van der Waals surface area contributed by atoms with E-state index in [0.29, 0.717) is 10.6 Å². The van der Waals surface area contributed by atoms with Crippen LogP contribution in [0.5, 0.6) is 0 Å². The van der Waals surface area contributed by atoms with Gasteiger partial charge < -0.3 is 10.6 Å². The van der Waals surface area contributed by atoms with Crippen LogP contribution in [-0.4, -0.2) is 28.4 Å². The van der Waals surface area contributed by atoms with E-state index >= 15 is 0 Å². The summed E-state index contributed by atoms with van der Waals surface area (Å²) in [7, 11) is 0. The van der Waals surface area contributed by atoms with E-state index in [-0.39, 0.29) is 18.5 Å². The van der Waals surface area contributed by atoms with Gasteiger partial charge in [-0.15, -0.1) is 0 Å². The first-order valence-electron chi connectivity index (χ1n) is 6.84. The number of hydrogen-bond acceptors (Lipinski definition) is 2. The molecule has 1 fully saturated rings. The van der Waals surface area contributed by atoms with E-state index in [1.54, 1.807) is 17.9 Å². The monoisotopic (exact) mass is 294 g/mol. The Bertz CT molecular complexity index is 527. The first-order valence-corrected chi connectivity index (χ1v) is 7.25. The van der Waals surface area contributed by atoms with Gasteiger partial charge in [0.25, 0.3) is 5.91 Å². The number of nitrogens with zero attached hydrogens (tertiary/aromatic N) is 1. The molecule has 108 valence electrons. The van der Waals surface area contributed by atoms with Crippen molar-refractivity contribution in [1.29, 1.82) is 0 Å². The summed E-state index contributed by atoms with van der Waals surface area (Å²) in [6.07, 6.45) is 4.13. The van der Waals surface area contributed by atoms with E-state index < -0.39 is 5.82 Å². The van der Waals surface area contributed by atoms with Gasteiger partial charge in [0.05, 0.1) is 11.5 Å². The standard InChI is InChI=1S/C15H19FN2OS/c1-10-6-7-11(16)8-13(10)15(19)18(9-14(17)20)12-4-2-3-5-12/h6-8,12H,2-5,9H2,1H3,(H2,17,20). The number of carbonyl (C=O) groups is 1. The Hall–Kier alpha value is -1.49. The first-order chi connectivity index (χ1) is 9.49. The molecule has 0 atom stereocenters. The van der Waals surface area contributed by atoms with Crippen LogP contribution < -0.4 is 5.73 Å². The summed E-state index contributed by atoms with van der Waals surface area (Å²) in [6, 6.07) is 4.43. The van der Waals surface area contributed by atoms with Crippen molar-refractivity contribution in [3.8, 4) is 0 Å². The Kier molecular flexibility index (Phi) is 4.70. The van der Waals surface area contributed by atoms with Gasteiger partial charge in [0, 0.05) is 11.6 Å². The summed E-state index contributed by atoms with van der Waals surface area (Å²) in [5.41, 5.74) is 6.77. The van der Waals surface area contributed by atoms with Crippen LogP contribution in [0.2, 0.25) is 0 Å². The predicted molar refractivity (Wildman–Crippen MR) is 81.2 cm³/mol. The molecule has 0 unspecified atom stereocenters. The number of carbonyl (C=O) groups excluding carboxylic acids is 1. The number of halogens is 1. The number of amides is 1. The minimum absolute atomic E-state index is 0.159. The highest BCUT2D eigenvalue weighted by atomic mass is 32.1. The molecule has 0 heterocycles. The lowest BCUT2D eigenvalue weighted by molar-refractivity contribution is 0.0713. The van der Waals surface area contributed by atoms with Crippen LogP contribution in [-0.2, 0) is 0 Å². The molecule has 3 nitrogen and oxygen atoms in total. The van der Waals surface area contributed by atoms with Crippen molar-refractivity contribution in [2.45, 2.75) is 38.6 Å². The molecule has 0 aromatic heterocycles. The summed E-state index contributed by atoms with van der Waals surface area (Å²) < 4.78 is 13.4. The molecule has 0 aliphatic heterocycles. The molecule has 0 bridgehead atoms. The van der Waals surface area contributed by atoms with Crippen LogP contribution in [0, 0.1) is 12.7 Å². The molecule has 2 N–H and O–H groups in total. The van der Waals surface area contributed by atoms with Crippen molar-refractivity contribution in [2.24, 2.45) is 5.73 Å². The summed E-state index contributed by atoms with van der Waals surface area (Å²) in [5, 5.41) is 0. The van der Waals surface area contributed by atoms with E-state index in [9.17, 15) is 9.18 Å². The van der Waals surface area contributed by atoms with Crippen molar-refractivity contribution in [3.05, 3.63) is 35.1 Å². The summed E-state index contributed by atoms with van der Waals surface area (Å²) in [4.78, 5) is 14.7. The third-order valence-electron chi connectivity index (χ3n) is 3.78. The molecule has 20 heavy (non-hydrogen) atoms. The maximum atomic E-state index is 13.4. The number of benzene rings is 1. The normalized spacial score (nSPS) is 15.3. The number of rotatable bonds is 4. The Morgan fingerprint density at radius 1 is 1.45 bits per heavy atom. The average Bonchev–Trinajstić information content (AvgIpc) is 2.91. The maximum Gasteiger partial charge on any atom is 0.254 e. The van der Waals surface area contributed by atoms with E-state index in [1.807, 2.05) is 0 Å². The third kappa shape index (κ3) is 3.33. The summed E-state index contributed by atoms with van der Waals surface area (Å²) >= 11 is 4.94. The van der Waals surface area contributed by atoms with Gasteiger partial charge >= 0.3 is 0 Å². The molecule has 1 aromatic rings. The minimum Gasteiger partial charge on any atom is -0.392 e. The lowest BCUT2D eigenvalue weighted by atomic mass is 10.1. The van der Waals surface area contributed by atoms with Gasteiger partial charge in [0.1, 0.15) is 5.82 Å². The molecule has 1 aliphatic rings. The molecule has 1 amide bonds. The molecule has 1 saturated carbocycles. The fourth-order valence-corrected chi connectivity index (χ4v) is 2.87. The quantitative estimate of drug-likeness (QED) is 0.869. The van der Waals surface area contributed by atoms with E-state index in [0.717, 1.165) is 31.2 Å². The predicted octanol–water partition coefficient (Wildman–Crippen LogP) is 2.81. The minimum atomic E-state index is -0.402. The zero-order valence-corrected chi connectivity index (χ0v) is 12.4. The third-order valence-corrected chi connectivity index (χ3v) is 3.91. The molecule has 0 radical (unpaired) electrons. The second-order valence-corrected chi connectivity index (χ2v) is 5.82. The van der Waals surface area contributed by atoms with Crippen LogP contribution in [0.4, 0.5) is 4.39 Å². The van der Waals surface area contributed by atoms with E-state index in [2.05, 4.69) is 0 Å². The van der Waals surface area contributed by atoms with Crippen LogP contribution in [0.1, 0.15) is 41.6 Å². The molecule has 1 aliphatic carbocycles. The summed E-state index contributed by atoms with van der Waals surface area (Å²) in [6.45, 7) is 2.06. The highest BCUT2D eigenvalue weighted by molar-refractivity contribution is 7.80. The fraction of sp³-hybridized carbons (Fsp3) is 0.467. The lowest BCUT2D eigenvalue weighted by Gasteiger charge is -2.29. The van der Waals surface area contributed by atoms with Gasteiger partial charge in [0.15, 0.2) is 0 Å². The second-order valence-electron chi connectivity index (χ2n) is 5.30. The molecule has 0 saturated heterocycles. The number of nitrogens with two attached hydrogens (primary N) is 1. The van der Waals surface area contributed by atoms with Gasteiger partial charge in [-0.25, -0.2) is 4.39 Å². The maximum absolute atomic E-state index is 13.4. The molecule has 5 heteroatoms. The first kappa shape index (κ1) is 14.9. The largest absolute Gasteiger partial charge is 0.392 e. The van der Waals surface area contributed by atoms with Gasteiger partial charge in [0.2, 0.25) is 0 Å². The zero-order chi connectivity index (χ0) is 14.7. The molecular weight excluding hydrogens is 275 g/mol. The van der Waals surface area contributed by atoms with Crippen molar-refractivity contribution in [1.82, 2.24) is 4.90 Å². The molecule has 1 aromatic carbocycles. The lowest BCUT2D eigenvalue weighted by Crippen LogP contribution is -2.43. The number of thiocarbonyl (C=S) groups is 1. The highest BCUT2D eigenvalue weighted by Gasteiger charge is 2.28. The Labute approximate surface area is 123 Å². The SMILES string of the molecule is Cc1ccc(F)cc1C(=O)N(CC(N)=S)C1CCCC1. The van der Waals surface area contributed by atoms with Gasteiger partial charge in [-0.05, 0) is 37.5 Å². The zero-order valence-electron chi connectivity index (χ0n) is 11.6. The Morgan fingerprint density at radius 3 is 2.70 bits per heavy atom. The fourth-order valence-electron chi connectivity index (χ4n) is 2.73. The second kappa shape index (κ2) is 6.31. The molecule has 2 rings (SSSR count). The van der Waals surface area contributed by atoms with Gasteiger partial charge in [-0.2, -0.15) is 0 Å². The van der Waals surface area contributed by atoms with Crippen LogP contribution in [0.3, 0.4) is 0 Å². The average molecular weight is 294 g/mol. The number of hydrogen-bond donors (Lipinski definition) is 1.